The predicted octanol–water partition coefficient (Wildman–Crippen LogP) is 4.72. The molecule has 5 rings (SSSR count). The molecular formula is C27H35FN6. The SMILES string of the molecule is C=CCCN1[C@H](c2cnc(N[C@H]3CCN(CCCF)C3)cn2)c2[nH]c3ccccc3c2C[C@H]1C. The van der Waals surface area contributed by atoms with Crippen molar-refractivity contribution in [3.63, 3.8) is 0 Å². The lowest BCUT2D eigenvalue weighted by atomic mass is 9.90. The molecule has 3 aromatic rings. The number of nitrogens with one attached hydrogen (secondary N) is 2. The molecule has 2 aromatic heterocycles. The quantitative estimate of drug-likeness (QED) is 0.451. The molecule has 180 valence electrons. The maximum absolute atomic E-state index is 12.5. The molecule has 1 saturated heterocycles. The zero-order valence-corrected chi connectivity index (χ0v) is 20.0. The molecule has 0 saturated carbocycles. The minimum Gasteiger partial charge on any atom is -0.365 e. The van der Waals surface area contributed by atoms with E-state index in [1.54, 1.807) is 0 Å². The third-order valence-electron chi connectivity index (χ3n) is 7.29. The highest BCUT2D eigenvalue weighted by Gasteiger charge is 2.36. The van der Waals surface area contributed by atoms with E-state index in [-0.39, 0.29) is 12.7 Å². The molecule has 2 aliphatic heterocycles. The van der Waals surface area contributed by atoms with Crippen LogP contribution in [0, 0.1) is 0 Å². The largest absolute Gasteiger partial charge is 0.365 e. The molecule has 2 aliphatic rings. The number of nitrogens with zero attached hydrogens (tertiary/aromatic N) is 4. The number of fused-ring (bicyclic) bond motifs is 3. The summed E-state index contributed by atoms with van der Waals surface area (Å²) in [6, 6.07) is 9.33. The maximum atomic E-state index is 12.5. The van der Waals surface area contributed by atoms with Crippen LogP contribution >= 0.6 is 0 Å². The predicted molar refractivity (Wildman–Crippen MR) is 136 cm³/mol. The highest BCUT2D eigenvalue weighted by atomic mass is 19.1. The molecule has 1 fully saturated rings. The number of anilines is 1. The van der Waals surface area contributed by atoms with Gasteiger partial charge >= 0.3 is 0 Å². The Morgan fingerprint density at radius 1 is 1.24 bits per heavy atom. The summed E-state index contributed by atoms with van der Waals surface area (Å²) in [5, 5.41) is 4.84. The number of aromatic nitrogens is 3. The lowest BCUT2D eigenvalue weighted by Crippen LogP contribution is -2.43. The monoisotopic (exact) mass is 462 g/mol. The third-order valence-corrected chi connectivity index (χ3v) is 7.29. The molecule has 2 N–H and O–H groups in total. The topological polar surface area (TPSA) is 60.1 Å². The Hall–Kier alpha value is -2.77. The summed E-state index contributed by atoms with van der Waals surface area (Å²) in [6.45, 7) is 9.69. The maximum Gasteiger partial charge on any atom is 0.144 e. The smallest absolute Gasteiger partial charge is 0.144 e. The average molecular weight is 463 g/mol. The van der Waals surface area contributed by atoms with Gasteiger partial charge in [-0.15, -0.1) is 6.58 Å². The number of para-hydroxylation sites is 1. The van der Waals surface area contributed by atoms with Gasteiger partial charge in [-0.2, -0.15) is 0 Å². The van der Waals surface area contributed by atoms with E-state index in [1.165, 1.54) is 22.2 Å². The van der Waals surface area contributed by atoms with E-state index < -0.39 is 0 Å². The summed E-state index contributed by atoms with van der Waals surface area (Å²) in [7, 11) is 0. The Morgan fingerprint density at radius 2 is 2.12 bits per heavy atom. The number of H-pyrrole nitrogens is 1. The Morgan fingerprint density at radius 3 is 2.91 bits per heavy atom. The van der Waals surface area contributed by atoms with Gasteiger partial charge in [0.15, 0.2) is 0 Å². The van der Waals surface area contributed by atoms with Gasteiger partial charge in [0.2, 0.25) is 0 Å². The lowest BCUT2D eigenvalue weighted by molar-refractivity contribution is 0.149. The second-order valence-electron chi connectivity index (χ2n) is 9.63. The van der Waals surface area contributed by atoms with Crippen molar-refractivity contribution in [1.29, 1.82) is 0 Å². The van der Waals surface area contributed by atoms with Gasteiger partial charge in [-0.1, -0.05) is 24.3 Å². The Kier molecular flexibility index (Phi) is 6.92. The summed E-state index contributed by atoms with van der Waals surface area (Å²) in [5.41, 5.74) is 4.77. The average Bonchev–Trinajstić information content (AvgIpc) is 3.46. The second kappa shape index (κ2) is 10.2. The molecule has 0 spiro atoms. The second-order valence-corrected chi connectivity index (χ2v) is 9.63. The van der Waals surface area contributed by atoms with Gasteiger partial charge in [-0.3, -0.25) is 14.3 Å². The van der Waals surface area contributed by atoms with Crippen LogP contribution in [0.5, 0.6) is 0 Å². The van der Waals surface area contributed by atoms with Crippen molar-refractivity contribution < 1.29 is 4.39 Å². The highest BCUT2D eigenvalue weighted by molar-refractivity contribution is 5.85. The van der Waals surface area contributed by atoms with E-state index >= 15 is 0 Å². The van der Waals surface area contributed by atoms with Crippen LogP contribution in [0.25, 0.3) is 10.9 Å². The first-order valence-electron chi connectivity index (χ1n) is 12.5. The number of aromatic amines is 1. The number of halogens is 1. The summed E-state index contributed by atoms with van der Waals surface area (Å²) in [5.74, 6) is 0.805. The molecule has 0 amide bonds. The minimum atomic E-state index is -0.247. The molecule has 0 bridgehead atoms. The molecule has 0 unspecified atom stereocenters. The van der Waals surface area contributed by atoms with Gasteiger partial charge in [0.05, 0.1) is 30.8 Å². The first-order chi connectivity index (χ1) is 16.7. The van der Waals surface area contributed by atoms with Crippen LogP contribution in [0.15, 0.2) is 49.3 Å². The van der Waals surface area contributed by atoms with Crippen LogP contribution < -0.4 is 5.32 Å². The van der Waals surface area contributed by atoms with E-state index in [0.29, 0.717) is 18.5 Å². The van der Waals surface area contributed by atoms with Crippen LogP contribution in [0.3, 0.4) is 0 Å². The van der Waals surface area contributed by atoms with E-state index in [0.717, 1.165) is 57.0 Å². The number of alkyl halides is 1. The van der Waals surface area contributed by atoms with Gasteiger partial charge in [-0.05, 0) is 44.2 Å². The fourth-order valence-electron chi connectivity index (χ4n) is 5.61. The van der Waals surface area contributed by atoms with Crippen molar-refractivity contribution in [2.75, 3.05) is 38.2 Å². The molecule has 1 aromatic carbocycles. The summed E-state index contributed by atoms with van der Waals surface area (Å²) < 4.78 is 12.5. The Labute approximate surface area is 201 Å². The fourth-order valence-corrected chi connectivity index (χ4v) is 5.61. The van der Waals surface area contributed by atoms with Crippen molar-refractivity contribution in [3.8, 4) is 0 Å². The number of hydrogen-bond acceptors (Lipinski definition) is 5. The zero-order chi connectivity index (χ0) is 23.5. The third kappa shape index (κ3) is 4.59. The van der Waals surface area contributed by atoms with Crippen molar-refractivity contribution in [2.45, 2.75) is 50.7 Å². The van der Waals surface area contributed by atoms with Crippen molar-refractivity contribution in [1.82, 2.24) is 24.8 Å². The molecule has 4 heterocycles. The fraction of sp³-hybridized carbons (Fsp3) is 0.481. The standard InChI is InChI=1S/C27H35FN6/c1-3-4-13-34-19(2)15-22-21-8-5-6-9-23(21)32-26(22)27(34)24-16-30-25(17-29-24)31-20-10-14-33(18-20)12-7-11-28/h3,5-6,8-9,16-17,19-20,27,32H,1,4,7,10-15,18H2,2H3,(H,30,31)/t19-,20+,27-/m1/s1. The van der Waals surface area contributed by atoms with E-state index in [1.807, 2.05) is 18.5 Å². The molecule has 3 atom stereocenters. The van der Waals surface area contributed by atoms with Gasteiger partial charge in [-0.25, -0.2) is 4.98 Å². The van der Waals surface area contributed by atoms with Crippen LogP contribution in [-0.2, 0) is 6.42 Å². The van der Waals surface area contributed by atoms with Gasteiger partial charge in [0.1, 0.15) is 5.82 Å². The molecule has 0 aliphatic carbocycles. The van der Waals surface area contributed by atoms with Crippen LogP contribution in [0.1, 0.15) is 49.2 Å². The normalized spacial score (nSPS) is 23.3. The number of benzene rings is 1. The zero-order valence-electron chi connectivity index (χ0n) is 20.0. The molecule has 7 heteroatoms. The summed E-state index contributed by atoms with van der Waals surface area (Å²) in [6.07, 6.45) is 9.39. The van der Waals surface area contributed by atoms with Crippen molar-refractivity contribution >= 4 is 16.7 Å². The molecule has 6 nitrogen and oxygen atoms in total. The van der Waals surface area contributed by atoms with E-state index in [2.05, 4.69) is 57.9 Å². The van der Waals surface area contributed by atoms with Crippen LogP contribution in [-0.4, -0.2) is 69.7 Å². The highest BCUT2D eigenvalue weighted by Crippen LogP contribution is 2.40. The Balaban J connectivity index is 1.39. The summed E-state index contributed by atoms with van der Waals surface area (Å²) in [4.78, 5) is 18.2. The minimum absolute atomic E-state index is 0.0373. The molecule has 34 heavy (non-hydrogen) atoms. The van der Waals surface area contributed by atoms with Gasteiger partial charge in [0, 0.05) is 54.9 Å². The number of likely N-dealkylation sites (tertiary alicyclic amines) is 1. The number of hydrogen-bond donors (Lipinski definition) is 2. The van der Waals surface area contributed by atoms with Crippen molar-refractivity contribution in [2.24, 2.45) is 0 Å². The molecule has 0 radical (unpaired) electrons. The Bertz CT molecular complexity index is 1110. The molecular weight excluding hydrogens is 427 g/mol. The lowest BCUT2D eigenvalue weighted by Gasteiger charge is -2.40. The van der Waals surface area contributed by atoms with Gasteiger partial charge < -0.3 is 15.2 Å². The van der Waals surface area contributed by atoms with E-state index in [9.17, 15) is 4.39 Å². The first-order valence-corrected chi connectivity index (χ1v) is 12.5. The van der Waals surface area contributed by atoms with Gasteiger partial charge in [0.25, 0.3) is 0 Å². The summed E-state index contributed by atoms with van der Waals surface area (Å²) >= 11 is 0. The first kappa shape index (κ1) is 23.0. The van der Waals surface area contributed by atoms with E-state index in [4.69, 9.17) is 9.97 Å². The van der Waals surface area contributed by atoms with Crippen LogP contribution in [0.4, 0.5) is 10.2 Å². The number of rotatable bonds is 9. The van der Waals surface area contributed by atoms with Crippen LogP contribution in [0.2, 0.25) is 0 Å². The van der Waals surface area contributed by atoms with Crippen molar-refractivity contribution in [3.05, 3.63) is 66.3 Å².